The van der Waals surface area contributed by atoms with E-state index in [1.807, 2.05) is 0 Å². The van der Waals surface area contributed by atoms with Crippen LogP contribution in [-0.2, 0) is 14.8 Å². The Hall–Kier alpha value is -2.98. The van der Waals surface area contributed by atoms with E-state index >= 15 is 0 Å². The van der Waals surface area contributed by atoms with Gasteiger partial charge in [-0.05, 0) is 30.7 Å². The fourth-order valence-electron chi connectivity index (χ4n) is 2.63. The number of anilines is 1. The first-order valence-electron chi connectivity index (χ1n) is 8.97. The number of benzene rings is 2. The van der Waals surface area contributed by atoms with Crippen LogP contribution in [-0.4, -0.2) is 43.2 Å². The van der Waals surface area contributed by atoms with Gasteiger partial charge in [0.1, 0.15) is 5.75 Å². The van der Waals surface area contributed by atoms with E-state index in [1.165, 1.54) is 40.7 Å². The number of non-ortho nitro benzene ring substituents is 1. The highest BCUT2D eigenvalue weighted by molar-refractivity contribution is 7.89. The number of nitrogens with zero attached hydrogens (tertiary/aromatic N) is 2. The summed E-state index contributed by atoms with van der Waals surface area (Å²) in [6.07, 6.45) is 0. The number of nitrogens with one attached hydrogen (secondary N) is 1. The molecule has 0 radical (unpaired) electrons. The molecule has 2 rings (SSSR count). The maximum atomic E-state index is 12.7. The van der Waals surface area contributed by atoms with Crippen LogP contribution in [0.3, 0.4) is 0 Å². The minimum atomic E-state index is -3.66. The summed E-state index contributed by atoms with van der Waals surface area (Å²) in [4.78, 5) is 22.6. The maximum Gasteiger partial charge on any atom is 0.273 e. The molecule has 0 saturated carbocycles. The van der Waals surface area contributed by atoms with Gasteiger partial charge in [-0.2, -0.15) is 4.31 Å². The van der Waals surface area contributed by atoms with Crippen molar-refractivity contribution < 1.29 is 22.9 Å². The Balaban J connectivity index is 2.12. The molecule has 0 heterocycles. The Morgan fingerprint density at radius 2 is 1.86 bits per heavy atom. The molecule has 0 fully saturated rings. The topological polar surface area (TPSA) is 119 Å². The van der Waals surface area contributed by atoms with Crippen LogP contribution < -0.4 is 10.1 Å². The fourth-order valence-corrected chi connectivity index (χ4v) is 4.12. The van der Waals surface area contributed by atoms with Crippen LogP contribution in [0.1, 0.15) is 19.4 Å². The first-order chi connectivity index (χ1) is 13.7. The van der Waals surface area contributed by atoms with E-state index < -0.39 is 20.9 Å². The van der Waals surface area contributed by atoms with Crippen molar-refractivity contribution in [2.45, 2.75) is 25.7 Å². The van der Waals surface area contributed by atoms with Crippen molar-refractivity contribution in [3.05, 3.63) is 58.1 Å². The summed E-state index contributed by atoms with van der Waals surface area (Å²) >= 11 is 0. The van der Waals surface area contributed by atoms with Crippen molar-refractivity contribution in [1.29, 1.82) is 0 Å². The molecule has 2 aromatic rings. The van der Waals surface area contributed by atoms with Crippen LogP contribution in [0.2, 0.25) is 0 Å². The van der Waals surface area contributed by atoms with E-state index in [-0.39, 0.29) is 22.9 Å². The number of sulfonamides is 1. The van der Waals surface area contributed by atoms with E-state index in [4.69, 9.17) is 4.74 Å². The van der Waals surface area contributed by atoms with Crippen LogP contribution in [0.4, 0.5) is 11.4 Å². The number of carbonyl (C=O) groups excluding carboxylic acids is 1. The number of amides is 1. The lowest BCUT2D eigenvalue weighted by Crippen LogP contribution is -2.30. The van der Waals surface area contributed by atoms with Gasteiger partial charge >= 0.3 is 0 Å². The van der Waals surface area contributed by atoms with Crippen LogP contribution >= 0.6 is 0 Å². The predicted molar refractivity (Wildman–Crippen MR) is 109 cm³/mol. The maximum absolute atomic E-state index is 12.7. The van der Waals surface area contributed by atoms with E-state index in [0.717, 1.165) is 0 Å². The second kappa shape index (κ2) is 9.48. The highest BCUT2D eigenvalue weighted by Gasteiger charge is 2.22. The lowest BCUT2D eigenvalue weighted by atomic mass is 10.2. The van der Waals surface area contributed by atoms with Gasteiger partial charge in [-0.1, -0.05) is 26.0 Å². The van der Waals surface area contributed by atoms with Crippen molar-refractivity contribution in [2.75, 3.05) is 25.0 Å². The van der Waals surface area contributed by atoms with Gasteiger partial charge in [0, 0.05) is 24.8 Å². The number of hydrogen-bond acceptors (Lipinski definition) is 6. The SMILES string of the molecule is CCN(CC)S(=O)(=O)c1ccc(C)c(NC(=O)COc2cccc([N+](=O)[O-])c2)c1. The predicted octanol–water partition coefficient (Wildman–Crippen LogP) is 2.95. The zero-order valence-electron chi connectivity index (χ0n) is 16.4. The molecule has 9 nitrogen and oxygen atoms in total. The fraction of sp³-hybridized carbons (Fsp3) is 0.316. The number of nitro groups is 1. The van der Waals surface area contributed by atoms with Gasteiger partial charge in [-0.25, -0.2) is 8.42 Å². The normalized spacial score (nSPS) is 11.3. The average Bonchev–Trinajstić information content (AvgIpc) is 2.69. The molecule has 156 valence electrons. The van der Waals surface area contributed by atoms with Crippen molar-refractivity contribution in [3.8, 4) is 5.75 Å². The zero-order chi connectivity index (χ0) is 21.6. The monoisotopic (exact) mass is 421 g/mol. The summed E-state index contributed by atoms with van der Waals surface area (Å²) < 4.78 is 32.0. The zero-order valence-corrected chi connectivity index (χ0v) is 17.2. The molecule has 10 heteroatoms. The third-order valence-corrected chi connectivity index (χ3v) is 6.27. The molecule has 0 unspecified atom stereocenters. The van der Waals surface area contributed by atoms with Gasteiger partial charge in [-0.3, -0.25) is 14.9 Å². The minimum Gasteiger partial charge on any atom is -0.484 e. The Labute approximate surface area is 169 Å². The van der Waals surface area contributed by atoms with Crippen molar-refractivity contribution in [3.63, 3.8) is 0 Å². The lowest BCUT2D eigenvalue weighted by molar-refractivity contribution is -0.384. The molecule has 29 heavy (non-hydrogen) atoms. The Bertz CT molecular complexity index is 1000. The molecule has 2 aromatic carbocycles. The van der Waals surface area contributed by atoms with E-state index in [0.29, 0.717) is 24.3 Å². The molecular weight excluding hydrogens is 398 g/mol. The second-order valence-electron chi connectivity index (χ2n) is 6.16. The highest BCUT2D eigenvalue weighted by Crippen LogP contribution is 2.23. The quantitative estimate of drug-likeness (QED) is 0.491. The molecule has 1 N–H and O–H groups in total. The minimum absolute atomic E-state index is 0.0849. The molecule has 0 aliphatic rings. The summed E-state index contributed by atoms with van der Waals surface area (Å²) in [5.74, 6) is -0.332. The molecule has 0 bridgehead atoms. The molecule has 0 aromatic heterocycles. The van der Waals surface area contributed by atoms with Gasteiger partial charge < -0.3 is 10.1 Å². The molecule has 0 spiro atoms. The lowest BCUT2D eigenvalue weighted by Gasteiger charge is -2.19. The van der Waals surface area contributed by atoms with Gasteiger partial charge in [-0.15, -0.1) is 0 Å². The first kappa shape index (κ1) is 22.3. The summed E-state index contributed by atoms with van der Waals surface area (Å²) in [6, 6.07) is 10.0. The molecule has 0 saturated heterocycles. The summed E-state index contributed by atoms with van der Waals surface area (Å²) in [7, 11) is -3.66. The molecular formula is C19H23N3O6S. The van der Waals surface area contributed by atoms with Crippen molar-refractivity contribution in [1.82, 2.24) is 4.31 Å². The van der Waals surface area contributed by atoms with Gasteiger partial charge in [0.25, 0.3) is 11.6 Å². The third kappa shape index (κ3) is 5.52. The number of nitro benzene ring substituents is 1. The van der Waals surface area contributed by atoms with Crippen LogP contribution in [0.15, 0.2) is 47.4 Å². The van der Waals surface area contributed by atoms with E-state index in [2.05, 4.69) is 5.32 Å². The molecule has 1 amide bonds. The second-order valence-corrected chi connectivity index (χ2v) is 8.10. The van der Waals surface area contributed by atoms with E-state index in [1.54, 1.807) is 26.8 Å². The summed E-state index contributed by atoms with van der Waals surface area (Å²) in [5.41, 5.74) is 0.895. The Morgan fingerprint density at radius 3 is 2.48 bits per heavy atom. The first-order valence-corrected chi connectivity index (χ1v) is 10.4. The number of rotatable bonds is 9. The smallest absolute Gasteiger partial charge is 0.273 e. The number of carbonyl (C=O) groups is 1. The van der Waals surface area contributed by atoms with Crippen LogP contribution in [0, 0.1) is 17.0 Å². The summed E-state index contributed by atoms with van der Waals surface area (Å²) in [6.45, 7) is 5.54. The largest absolute Gasteiger partial charge is 0.484 e. The van der Waals surface area contributed by atoms with Gasteiger partial charge in [0.2, 0.25) is 10.0 Å². The van der Waals surface area contributed by atoms with E-state index in [9.17, 15) is 23.3 Å². The van der Waals surface area contributed by atoms with Crippen molar-refractivity contribution >= 4 is 27.3 Å². The number of ether oxygens (including phenoxy) is 1. The van der Waals surface area contributed by atoms with Crippen LogP contribution in [0.25, 0.3) is 0 Å². The summed E-state index contributed by atoms with van der Waals surface area (Å²) in [5, 5.41) is 13.4. The Morgan fingerprint density at radius 1 is 1.17 bits per heavy atom. The molecule has 0 aliphatic carbocycles. The number of hydrogen-bond donors (Lipinski definition) is 1. The standard InChI is InChI=1S/C19H23N3O6S/c1-4-21(5-2)29(26,27)17-10-9-14(3)18(12-17)20-19(23)13-28-16-8-6-7-15(11-16)22(24)25/h6-12H,4-5,13H2,1-3H3,(H,20,23). The highest BCUT2D eigenvalue weighted by atomic mass is 32.2. The Kier molecular flexibility index (Phi) is 7.29. The molecule has 0 aliphatic heterocycles. The van der Waals surface area contributed by atoms with Crippen molar-refractivity contribution in [2.24, 2.45) is 0 Å². The molecule has 0 atom stereocenters. The van der Waals surface area contributed by atoms with Gasteiger partial charge in [0.15, 0.2) is 6.61 Å². The van der Waals surface area contributed by atoms with Crippen LogP contribution in [0.5, 0.6) is 5.75 Å². The number of aryl methyl sites for hydroxylation is 1. The van der Waals surface area contributed by atoms with Gasteiger partial charge in [0.05, 0.1) is 15.9 Å². The average molecular weight is 421 g/mol. The third-order valence-electron chi connectivity index (χ3n) is 4.22.